The fourth-order valence-electron chi connectivity index (χ4n) is 1.98. The van der Waals surface area contributed by atoms with Crippen LogP contribution in [-0.2, 0) is 14.3 Å². The Morgan fingerprint density at radius 3 is 2.89 bits per heavy atom. The Bertz CT molecular complexity index is 419. The highest BCUT2D eigenvalue weighted by Crippen LogP contribution is 2.23. The van der Waals surface area contributed by atoms with Gasteiger partial charge in [0.1, 0.15) is 11.6 Å². The zero-order chi connectivity index (χ0) is 14.1. The molecule has 0 atom stereocenters. The number of carbonyl (C=O) groups is 1. The molecular weight excluding hydrogens is 244 g/mol. The van der Waals surface area contributed by atoms with E-state index in [0.29, 0.717) is 6.61 Å². The quantitative estimate of drug-likeness (QED) is 0.342. The molecule has 1 aliphatic carbocycles. The first kappa shape index (κ1) is 15.3. The molecule has 0 heterocycles. The average molecular weight is 264 g/mol. The van der Waals surface area contributed by atoms with Gasteiger partial charge in [0, 0.05) is 26.0 Å². The molecule has 19 heavy (non-hydrogen) atoms. The van der Waals surface area contributed by atoms with Crippen molar-refractivity contribution in [2.24, 2.45) is 0 Å². The van der Waals surface area contributed by atoms with E-state index in [1.807, 2.05) is 12.1 Å². The molecule has 0 radical (unpaired) electrons. The molecule has 1 rings (SSSR count). The summed E-state index contributed by atoms with van der Waals surface area (Å²) in [4.78, 5) is 11.5. The Morgan fingerprint density at radius 1 is 1.47 bits per heavy atom. The van der Waals surface area contributed by atoms with E-state index < -0.39 is 5.97 Å². The van der Waals surface area contributed by atoms with E-state index in [9.17, 15) is 4.79 Å². The van der Waals surface area contributed by atoms with Crippen LogP contribution in [0.15, 0.2) is 22.9 Å². The second kappa shape index (κ2) is 8.33. The number of hydrogen-bond acceptors (Lipinski definition) is 5. The predicted octanol–water partition coefficient (Wildman–Crippen LogP) is 1.67. The highest BCUT2D eigenvalue weighted by molar-refractivity contribution is 5.94. The Kier molecular flexibility index (Phi) is 6.69. The van der Waals surface area contributed by atoms with E-state index in [2.05, 4.69) is 10.1 Å². The monoisotopic (exact) mass is 264 g/mol. The van der Waals surface area contributed by atoms with Crippen LogP contribution in [0.2, 0.25) is 0 Å². The Balaban J connectivity index is 2.72. The van der Waals surface area contributed by atoms with Gasteiger partial charge in [0.15, 0.2) is 0 Å². The van der Waals surface area contributed by atoms with Crippen LogP contribution in [0.25, 0.3) is 0 Å². The Morgan fingerprint density at radius 2 is 2.26 bits per heavy atom. The Hall–Kier alpha value is -1.80. The third kappa shape index (κ3) is 4.76. The number of hydrogen-bond donors (Lipinski definition) is 1. The van der Waals surface area contributed by atoms with Gasteiger partial charge in [-0.3, -0.25) is 0 Å². The van der Waals surface area contributed by atoms with Crippen LogP contribution in [0.1, 0.15) is 25.7 Å². The molecule has 0 spiro atoms. The minimum absolute atomic E-state index is 0.110. The summed E-state index contributed by atoms with van der Waals surface area (Å²) in [5.74, 6) is -0.561. The molecule has 104 valence electrons. The number of carbonyl (C=O) groups excluding carboxylic acids is 1. The molecule has 0 unspecified atom stereocenters. The minimum Gasteiger partial charge on any atom is -0.465 e. The van der Waals surface area contributed by atoms with Gasteiger partial charge in [-0.1, -0.05) is 0 Å². The molecular formula is C14H20N2O3. The minimum atomic E-state index is -0.561. The number of ether oxygens (including phenoxy) is 2. The van der Waals surface area contributed by atoms with Gasteiger partial charge in [-0.2, -0.15) is 5.26 Å². The van der Waals surface area contributed by atoms with Gasteiger partial charge < -0.3 is 14.8 Å². The van der Waals surface area contributed by atoms with Gasteiger partial charge >= 0.3 is 5.97 Å². The lowest BCUT2D eigenvalue weighted by atomic mass is 9.95. The van der Waals surface area contributed by atoms with Crippen LogP contribution in [0.5, 0.6) is 0 Å². The van der Waals surface area contributed by atoms with Crippen molar-refractivity contribution in [3.63, 3.8) is 0 Å². The molecule has 0 aromatic carbocycles. The normalized spacial score (nSPS) is 17.2. The Labute approximate surface area is 113 Å². The van der Waals surface area contributed by atoms with Gasteiger partial charge in [0.05, 0.1) is 7.11 Å². The largest absolute Gasteiger partial charge is 0.465 e. The number of nitriles is 1. The fraction of sp³-hybridized carbons (Fsp3) is 0.571. The first-order valence-electron chi connectivity index (χ1n) is 6.38. The SMILES string of the molecule is COCCCNC1=C/C(=C(/C#N)C(=O)OC)CCC1. The summed E-state index contributed by atoms with van der Waals surface area (Å²) >= 11 is 0. The lowest BCUT2D eigenvalue weighted by Crippen LogP contribution is -2.19. The lowest BCUT2D eigenvalue weighted by molar-refractivity contribution is -0.135. The van der Waals surface area contributed by atoms with Gasteiger partial charge in [-0.15, -0.1) is 0 Å². The molecule has 5 heteroatoms. The van der Waals surface area contributed by atoms with Gasteiger partial charge in [-0.25, -0.2) is 4.79 Å². The number of esters is 1. The zero-order valence-corrected chi connectivity index (χ0v) is 11.5. The molecule has 5 nitrogen and oxygen atoms in total. The molecule has 0 aromatic heterocycles. The summed E-state index contributed by atoms with van der Waals surface area (Å²) in [6.07, 6.45) is 5.43. The van der Waals surface area contributed by atoms with E-state index in [0.717, 1.165) is 43.5 Å². The predicted molar refractivity (Wildman–Crippen MR) is 71.1 cm³/mol. The smallest absolute Gasteiger partial charge is 0.348 e. The van der Waals surface area contributed by atoms with Crippen molar-refractivity contribution in [2.45, 2.75) is 25.7 Å². The van der Waals surface area contributed by atoms with Crippen LogP contribution >= 0.6 is 0 Å². The number of rotatable bonds is 6. The van der Waals surface area contributed by atoms with E-state index in [4.69, 9.17) is 10.00 Å². The number of nitrogens with zero attached hydrogens (tertiary/aromatic N) is 1. The van der Waals surface area contributed by atoms with Crippen LogP contribution < -0.4 is 5.32 Å². The van der Waals surface area contributed by atoms with Crippen LogP contribution in [0.4, 0.5) is 0 Å². The van der Waals surface area contributed by atoms with Crippen LogP contribution in [-0.4, -0.2) is 33.3 Å². The molecule has 1 N–H and O–H groups in total. The summed E-state index contributed by atoms with van der Waals surface area (Å²) in [5.41, 5.74) is 1.93. The molecule has 0 aromatic rings. The first-order chi connectivity index (χ1) is 9.22. The third-order valence-corrected chi connectivity index (χ3v) is 2.94. The van der Waals surface area contributed by atoms with Crippen LogP contribution in [0, 0.1) is 11.3 Å². The van der Waals surface area contributed by atoms with E-state index in [1.165, 1.54) is 7.11 Å². The summed E-state index contributed by atoms with van der Waals surface area (Å²) in [6.45, 7) is 1.54. The van der Waals surface area contributed by atoms with Gasteiger partial charge in [0.2, 0.25) is 0 Å². The van der Waals surface area contributed by atoms with Crippen molar-refractivity contribution in [2.75, 3.05) is 27.4 Å². The fourth-order valence-corrected chi connectivity index (χ4v) is 1.98. The van der Waals surface area contributed by atoms with Gasteiger partial charge in [0.25, 0.3) is 0 Å². The number of allylic oxidation sites excluding steroid dienone is 3. The number of nitrogens with one attached hydrogen (secondary N) is 1. The highest BCUT2D eigenvalue weighted by Gasteiger charge is 2.17. The molecule has 0 amide bonds. The average Bonchev–Trinajstić information content (AvgIpc) is 2.44. The topological polar surface area (TPSA) is 71.3 Å². The second-order valence-electron chi connectivity index (χ2n) is 4.30. The van der Waals surface area contributed by atoms with E-state index >= 15 is 0 Å². The van der Waals surface area contributed by atoms with Crippen molar-refractivity contribution in [1.82, 2.24) is 5.32 Å². The van der Waals surface area contributed by atoms with Crippen molar-refractivity contribution in [3.8, 4) is 6.07 Å². The first-order valence-corrected chi connectivity index (χ1v) is 6.38. The van der Waals surface area contributed by atoms with Crippen molar-refractivity contribution in [3.05, 3.63) is 22.9 Å². The molecule has 0 bridgehead atoms. The van der Waals surface area contributed by atoms with E-state index in [-0.39, 0.29) is 5.57 Å². The highest BCUT2D eigenvalue weighted by atomic mass is 16.5. The maximum Gasteiger partial charge on any atom is 0.348 e. The van der Waals surface area contributed by atoms with Crippen molar-refractivity contribution in [1.29, 1.82) is 5.26 Å². The third-order valence-electron chi connectivity index (χ3n) is 2.94. The lowest BCUT2D eigenvalue weighted by Gasteiger charge is -2.17. The zero-order valence-electron chi connectivity index (χ0n) is 11.5. The van der Waals surface area contributed by atoms with Crippen molar-refractivity contribution >= 4 is 5.97 Å². The van der Waals surface area contributed by atoms with Crippen LogP contribution in [0.3, 0.4) is 0 Å². The molecule has 0 fully saturated rings. The maximum atomic E-state index is 11.5. The van der Waals surface area contributed by atoms with E-state index in [1.54, 1.807) is 7.11 Å². The summed E-state index contributed by atoms with van der Waals surface area (Å²) < 4.78 is 9.60. The molecule has 1 aliphatic rings. The maximum absolute atomic E-state index is 11.5. The van der Waals surface area contributed by atoms with Crippen molar-refractivity contribution < 1.29 is 14.3 Å². The molecule has 0 saturated heterocycles. The molecule has 0 saturated carbocycles. The van der Waals surface area contributed by atoms with Gasteiger partial charge in [-0.05, 0) is 37.3 Å². The summed E-state index contributed by atoms with van der Waals surface area (Å²) in [6, 6.07) is 1.93. The summed E-state index contributed by atoms with van der Waals surface area (Å²) in [5, 5.41) is 12.3. The molecule has 0 aliphatic heterocycles. The number of methoxy groups -OCH3 is 2. The summed E-state index contributed by atoms with van der Waals surface area (Å²) in [7, 11) is 2.97. The second-order valence-corrected chi connectivity index (χ2v) is 4.30. The standard InChI is InChI=1S/C14H20N2O3/c1-18-8-4-7-16-12-6-3-5-11(9-12)13(10-15)14(17)19-2/h9,16H,3-8H2,1-2H3/b13-11-.